The maximum atomic E-state index is 13.2. The Morgan fingerprint density at radius 1 is 0.614 bits per heavy atom. The minimum atomic E-state index is -1.34. The van der Waals surface area contributed by atoms with Crippen molar-refractivity contribution in [1.29, 1.82) is 5.26 Å². The van der Waals surface area contributed by atoms with Crippen LogP contribution < -0.4 is 16.0 Å². The van der Waals surface area contributed by atoms with Crippen molar-refractivity contribution >= 4 is 52.3 Å². The standard InChI is InChI=1S/C44H38N4O9/c1-24-4-8-28(9-5-24)37(49)22-27-6-10-29(11-7-27)38(50)23-31(20-21-45)42(54)46-32-14-12-30(13-15-32)41(53)47-35-18-16-33(39(51)25(35)2)43(55)48-36-19-17-34(44(56)57)40(52)26(36)3/h4-19,31,51-52H,20,22-23H2,1-3H3,(H,46,54)(H,47,53)(H,48,55)(H,56,57). The molecule has 5 aromatic carbocycles. The number of Topliss-reactive ketones (excluding diaryl/α,β-unsaturated/α-hetero) is 2. The van der Waals surface area contributed by atoms with E-state index >= 15 is 0 Å². The first-order chi connectivity index (χ1) is 27.2. The summed E-state index contributed by atoms with van der Waals surface area (Å²) >= 11 is 0. The molecule has 0 spiro atoms. The van der Waals surface area contributed by atoms with Gasteiger partial charge in [-0.3, -0.25) is 24.0 Å². The van der Waals surface area contributed by atoms with E-state index in [-0.39, 0.29) is 70.0 Å². The second-order valence-electron chi connectivity index (χ2n) is 13.4. The molecule has 1 atom stereocenters. The molecular weight excluding hydrogens is 729 g/mol. The third kappa shape index (κ3) is 9.75. The highest BCUT2D eigenvalue weighted by Gasteiger charge is 2.24. The molecule has 0 aromatic heterocycles. The molecule has 288 valence electrons. The predicted octanol–water partition coefficient (Wildman–Crippen LogP) is 7.39. The van der Waals surface area contributed by atoms with E-state index in [0.29, 0.717) is 16.8 Å². The van der Waals surface area contributed by atoms with Gasteiger partial charge in [0.15, 0.2) is 11.6 Å². The molecule has 13 heteroatoms. The Morgan fingerprint density at radius 2 is 1.12 bits per heavy atom. The van der Waals surface area contributed by atoms with Gasteiger partial charge in [-0.1, -0.05) is 54.1 Å². The summed E-state index contributed by atoms with van der Waals surface area (Å²) in [5.74, 6) is -5.46. The summed E-state index contributed by atoms with van der Waals surface area (Å²) in [5, 5.41) is 47.5. The van der Waals surface area contributed by atoms with Crippen molar-refractivity contribution in [3.8, 4) is 17.6 Å². The van der Waals surface area contributed by atoms with Crippen LogP contribution in [0.3, 0.4) is 0 Å². The number of nitrogens with zero attached hydrogens (tertiary/aromatic N) is 1. The van der Waals surface area contributed by atoms with Crippen LogP contribution in [0.25, 0.3) is 0 Å². The van der Waals surface area contributed by atoms with Crippen LogP contribution in [0.1, 0.15) is 86.9 Å². The Hall–Kier alpha value is -7.59. The summed E-state index contributed by atoms with van der Waals surface area (Å²) in [6.07, 6.45) is -0.271. The quantitative estimate of drug-likeness (QED) is 0.0615. The van der Waals surface area contributed by atoms with Crippen LogP contribution in [0.2, 0.25) is 0 Å². The van der Waals surface area contributed by atoms with Gasteiger partial charge >= 0.3 is 5.97 Å². The van der Waals surface area contributed by atoms with E-state index in [2.05, 4.69) is 16.0 Å². The van der Waals surface area contributed by atoms with Gasteiger partial charge in [0.2, 0.25) is 5.91 Å². The summed E-state index contributed by atoms with van der Waals surface area (Å²) in [6, 6.07) is 26.9. The molecule has 0 saturated carbocycles. The third-order valence-electron chi connectivity index (χ3n) is 9.40. The number of amides is 3. The molecular formula is C44H38N4O9. The zero-order chi connectivity index (χ0) is 41.4. The van der Waals surface area contributed by atoms with E-state index in [1.807, 2.05) is 25.1 Å². The number of aryl methyl sites for hydroxylation is 1. The van der Waals surface area contributed by atoms with Crippen molar-refractivity contribution < 1.29 is 44.1 Å². The van der Waals surface area contributed by atoms with Crippen LogP contribution in [0.15, 0.2) is 97.1 Å². The third-order valence-corrected chi connectivity index (χ3v) is 9.40. The lowest BCUT2D eigenvalue weighted by atomic mass is 9.94. The number of nitriles is 1. The van der Waals surface area contributed by atoms with E-state index < -0.39 is 41.1 Å². The van der Waals surface area contributed by atoms with Gasteiger partial charge in [0, 0.05) is 64.1 Å². The Balaban J connectivity index is 1.17. The molecule has 6 N–H and O–H groups in total. The highest BCUT2D eigenvalue weighted by atomic mass is 16.4. The molecule has 0 saturated heterocycles. The number of carboxylic acid groups (broad SMARTS) is 1. The van der Waals surface area contributed by atoms with Crippen molar-refractivity contribution in [3.63, 3.8) is 0 Å². The number of carbonyl (C=O) groups excluding carboxylic acids is 5. The lowest BCUT2D eigenvalue weighted by Gasteiger charge is -2.15. The lowest BCUT2D eigenvalue weighted by molar-refractivity contribution is -0.119. The van der Waals surface area contributed by atoms with Gasteiger partial charge in [-0.2, -0.15) is 5.26 Å². The number of phenols is 2. The number of phenolic OH excluding ortho intramolecular Hbond substituents is 1. The number of anilines is 3. The van der Waals surface area contributed by atoms with Gasteiger partial charge < -0.3 is 31.3 Å². The molecule has 0 fully saturated rings. The molecule has 0 aliphatic carbocycles. The number of benzene rings is 5. The van der Waals surface area contributed by atoms with E-state index in [9.17, 15) is 49.3 Å². The van der Waals surface area contributed by atoms with Gasteiger partial charge in [0.1, 0.15) is 17.1 Å². The first-order valence-electron chi connectivity index (χ1n) is 17.7. The maximum Gasteiger partial charge on any atom is 0.339 e. The molecule has 0 bridgehead atoms. The smallest absolute Gasteiger partial charge is 0.339 e. The molecule has 5 aromatic rings. The molecule has 57 heavy (non-hydrogen) atoms. The molecule has 0 heterocycles. The van der Waals surface area contributed by atoms with E-state index in [1.54, 1.807) is 36.4 Å². The van der Waals surface area contributed by atoms with Crippen LogP contribution in [-0.4, -0.2) is 50.6 Å². The van der Waals surface area contributed by atoms with Crippen molar-refractivity contribution in [2.45, 2.75) is 40.0 Å². The van der Waals surface area contributed by atoms with Gasteiger partial charge in [0.05, 0.1) is 17.6 Å². The number of carbonyl (C=O) groups is 6. The fourth-order valence-electron chi connectivity index (χ4n) is 5.91. The van der Waals surface area contributed by atoms with Crippen LogP contribution in [0.5, 0.6) is 11.5 Å². The van der Waals surface area contributed by atoms with Gasteiger partial charge in [-0.05, 0) is 74.9 Å². The highest BCUT2D eigenvalue weighted by Crippen LogP contribution is 2.32. The molecule has 0 aliphatic heterocycles. The molecule has 5 rings (SSSR count). The van der Waals surface area contributed by atoms with Crippen LogP contribution >= 0.6 is 0 Å². The fourth-order valence-corrected chi connectivity index (χ4v) is 5.91. The molecule has 1 unspecified atom stereocenters. The summed E-state index contributed by atoms with van der Waals surface area (Å²) < 4.78 is 0. The average Bonchev–Trinajstić information content (AvgIpc) is 3.18. The number of hydrogen-bond acceptors (Lipinski definition) is 9. The van der Waals surface area contributed by atoms with Crippen LogP contribution in [-0.2, 0) is 11.2 Å². The molecule has 0 radical (unpaired) electrons. The second-order valence-corrected chi connectivity index (χ2v) is 13.4. The van der Waals surface area contributed by atoms with Crippen LogP contribution in [0, 0.1) is 38.0 Å². The van der Waals surface area contributed by atoms with Crippen molar-refractivity contribution in [2.24, 2.45) is 5.92 Å². The Labute approximate surface area is 327 Å². The number of rotatable bonds is 14. The number of ketones is 2. The van der Waals surface area contributed by atoms with Gasteiger partial charge in [-0.15, -0.1) is 0 Å². The molecule has 0 aliphatic rings. The average molecular weight is 767 g/mol. The first-order valence-corrected chi connectivity index (χ1v) is 17.7. The number of carboxylic acids is 1. The Morgan fingerprint density at radius 3 is 1.70 bits per heavy atom. The van der Waals surface area contributed by atoms with Crippen molar-refractivity contribution in [2.75, 3.05) is 16.0 Å². The lowest BCUT2D eigenvalue weighted by Crippen LogP contribution is -2.25. The minimum absolute atomic E-state index is 0.0529. The first kappa shape index (κ1) is 40.6. The number of nitrogens with one attached hydrogen (secondary N) is 3. The topological polar surface area (TPSA) is 223 Å². The maximum absolute atomic E-state index is 13.2. The Kier molecular flexibility index (Phi) is 12.6. The van der Waals surface area contributed by atoms with E-state index in [4.69, 9.17) is 0 Å². The number of aromatic carboxylic acids is 1. The summed E-state index contributed by atoms with van der Waals surface area (Å²) in [7, 11) is 0. The largest absolute Gasteiger partial charge is 0.507 e. The van der Waals surface area contributed by atoms with Crippen LogP contribution in [0.4, 0.5) is 17.1 Å². The predicted molar refractivity (Wildman–Crippen MR) is 212 cm³/mol. The normalized spacial score (nSPS) is 11.1. The SMILES string of the molecule is Cc1ccc(C(=O)Cc2ccc(C(=O)CC(CC#N)C(=O)Nc3ccc(C(=O)Nc4ccc(C(=O)Nc5ccc(C(=O)O)c(O)c5C)c(O)c4C)cc3)cc2)cc1. The Bertz CT molecular complexity index is 2430. The molecule has 3 amide bonds. The summed E-state index contributed by atoms with van der Waals surface area (Å²) in [5.41, 5.74) is 3.41. The highest BCUT2D eigenvalue weighted by molar-refractivity contribution is 6.09. The van der Waals surface area contributed by atoms with Crippen molar-refractivity contribution in [3.05, 3.63) is 147 Å². The molecule has 13 nitrogen and oxygen atoms in total. The van der Waals surface area contributed by atoms with Gasteiger partial charge in [-0.25, -0.2) is 4.79 Å². The van der Waals surface area contributed by atoms with E-state index in [1.165, 1.54) is 56.3 Å². The summed E-state index contributed by atoms with van der Waals surface area (Å²) in [6.45, 7) is 4.86. The summed E-state index contributed by atoms with van der Waals surface area (Å²) in [4.78, 5) is 76.3. The van der Waals surface area contributed by atoms with Gasteiger partial charge in [0.25, 0.3) is 11.8 Å². The zero-order valence-electron chi connectivity index (χ0n) is 31.2. The van der Waals surface area contributed by atoms with Crippen molar-refractivity contribution in [1.82, 2.24) is 0 Å². The fraction of sp³-hybridized carbons (Fsp3) is 0.159. The second kappa shape index (κ2) is 17.7. The number of hydrogen-bond donors (Lipinski definition) is 6. The van der Waals surface area contributed by atoms with E-state index in [0.717, 1.165) is 17.2 Å². The minimum Gasteiger partial charge on any atom is -0.507 e. The zero-order valence-corrected chi connectivity index (χ0v) is 31.2. The monoisotopic (exact) mass is 766 g/mol. The number of aromatic hydroxyl groups is 2.